The highest BCUT2D eigenvalue weighted by atomic mass is 16.5. The number of rotatable bonds is 5. The molecule has 138 valence electrons. The lowest BCUT2D eigenvalue weighted by Crippen LogP contribution is -2.35. The van der Waals surface area contributed by atoms with E-state index in [1.165, 1.54) is 0 Å². The molecule has 0 radical (unpaired) electrons. The van der Waals surface area contributed by atoms with Gasteiger partial charge in [0.1, 0.15) is 0 Å². The van der Waals surface area contributed by atoms with Gasteiger partial charge in [0.2, 0.25) is 5.88 Å². The summed E-state index contributed by atoms with van der Waals surface area (Å²) in [6.45, 7) is 3.88. The third-order valence-electron chi connectivity index (χ3n) is 4.34. The number of likely N-dealkylation sites (N-methyl/N-ethyl adjacent to an activating group) is 1. The van der Waals surface area contributed by atoms with E-state index in [-0.39, 0.29) is 5.91 Å². The molecule has 1 fully saturated rings. The first-order chi connectivity index (χ1) is 12.7. The lowest BCUT2D eigenvalue weighted by atomic mass is 10.1. The highest BCUT2D eigenvalue weighted by Gasteiger charge is 2.17. The molecule has 1 atom stereocenters. The van der Waals surface area contributed by atoms with E-state index in [0.29, 0.717) is 36.3 Å². The molecular formula is C19H24N4O3. The van der Waals surface area contributed by atoms with E-state index in [0.717, 1.165) is 25.3 Å². The fourth-order valence-corrected chi connectivity index (χ4v) is 2.88. The molecule has 1 aliphatic heterocycles. The molecule has 0 bridgehead atoms. The number of aromatic nitrogens is 2. The highest BCUT2D eigenvalue weighted by molar-refractivity contribution is 5.94. The van der Waals surface area contributed by atoms with Crippen molar-refractivity contribution in [2.45, 2.75) is 0 Å². The van der Waals surface area contributed by atoms with Crippen LogP contribution in [0.2, 0.25) is 0 Å². The molecule has 1 aromatic heterocycles. The first-order valence-corrected chi connectivity index (χ1v) is 8.67. The topological polar surface area (TPSA) is 76.6 Å². The number of carbonyl (C=O) groups excluding carboxylic acids is 1. The van der Waals surface area contributed by atoms with Crippen molar-refractivity contribution >= 4 is 5.91 Å². The minimum Gasteiger partial charge on any atom is -0.481 e. The average molecular weight is 356 g/mol. The molecule has 1 N–H and O–H groups in total. The van der Waals surface area contributed by atoms with E-state index in [9.17, 15) is 4.79 Å². The fraction of sp³-hybridized carbons (Fsp3) is 0.421. The molecule has 0 aliphatic carbocycles. The van der Waals surface area contributed by atoms with Crippen LogP contribution < -0.4 is 10.1 Å². The predicted octanol–water partition coefficient (Wildman–Crippen LogP) is 1.46. The van der Waals surface area contributed by atoms with Gasteiger partial charge in [0.05, 0.1) is 20.3 Å². The monoisotopic (exact) mass is 356 g/mol. The normalized spacial score (nSPS) is 18.2. The number of carbonyl (C=O) groups is 1. The van der Waals surface area contributed by atoms with Gasteiger partial charge in [-0.2, -0.15) is 4.98 Å². The maximum Gasteiger partial charge on any atom is 0.251 e. The SMILES string of the molecule is COc1ccnc(-c2ccc(C(=O)NC[C@H]3COCCN(C)C3)cc2)n1. The van der Waals surface area contributed by atoms with Gasteiger partial charge in [0.25, 0.3) is 5.91 Å². The Morgan fingerprint density at radius 3 is 2.92 bits per heavy atom. The first-order valence-electron chi connectivity index (χ1n) is 8.67. The van der Waals surface area contributed by atoms with Crippen LogP contribution in [-0.2, 0) is 4.74 Å². The number of methoxy groups -OCH3 is 1. The molecular weight excluding hydrogens is 332 g/mol. The van der Waals surface area contributed by atoms with Gasteiger partial charge in [-0.25, -0.2) is 4.98 Å². The van der Waals surface area contributed by atoms with E-state index in [1.807, 2.05) is 12.1 Å². The molecule has 1 saturated heterocycles. The van der Waals surface area contributed by atoms with Crippen LogP contribution >= 0.6 is 0 Å². The lowest BCUT2D eigenvalue weighted by Gasteiger charge is -2.19. The lowest BCUT2D eigenvalue weighted by molar-refractivity contribution is 0.0921. The summed E-state index contributed by atoms with van der Waals surface area (Å²) in [6, 6.07) is 8.94. The van der Waals surface area contributed by atoms with E-state index in [4.69, 9.17) is 9.47 Å². The summed E-state index contributed by atoms with van der Waals surface area (Å²) >= 11 is 0. The van der Waals surface area contributed by atoms with Crippen molar-refractivity contribution < 1.29 is 14.3 Å². The number of ether oxygens (including phenoxy) is 2. The standard InChI is InChI=1S/C19H24N4O3/c1-23-9-10-26-13-14(12-23)11-21-19(24)16-5-3-15(4-6-16)18-20-8-7-17(22-18)25-2/h3-8,14H,9-13H2,1-2H3,(H,21,24)/t14-/m1/s1. The number of hydrogen-bond acceptors (Lipinski definition) is 6. The van der Waals surface area contributed by atoms with E-state index in [2.05, 4.69) is 27.2 Å². The molecule has 3 rings (SSSR count). The summed E-state index contributed by atoms with van der Waals surface area (Å²) in [5.74, 6) is 1.29. The van der Waals surface area contributed by atoms with Gasteiger partial charge >= 0.3 is 0 Å². The summed E-state index contributed by atoms with van der Waals surface area (Å²) in [7, 11) is 3.64. The van der Waals surface area contributed by atoms with Crippen LogP contribution in [0.3, 0.4) is 0 Å². The van der Waals surface area contributed by atoms with Gasteiger partial charge in [0, 0.05) is 48.9 Å². The quantitative estimate of drug-likeness (QED) is 0.874. The summed E-state index contributed by atoms with van der Waals surface area (Å²) in [4.78, 5) is 23.1. The number of amides is 1. The second-order valence-electron chi connectivity index (χ2n) is 6.41. The molecule has 7 nitrogen and oxygen atoms in total. The Bertz CT molecular complexity index is 736. The van der Waals surface area contributed by atoms with Gasteiger partial charge in [-0.1, -0.05) is 12.1 Å². The summed E-state index contributed by atoms with van der Waals surface area (Å²) in [6.07, 6.45) is 1.65. The van der Waals surface area contributed by atoms with Crippen LogP contribution in [0.5, 0.6) is 5.88 Å². The number of benzene rings is 1. The van der Waals surface area contributed by atoms with Crippen molar-refractivity contribution in [3.05, 3.63) is 42.1 Å². The minimum absolute atomic E-state index is 0.0880. The maximum atomic E-state index is 12.4. The zero-order chi connectivity index (χ0) is 18.4. The van der Waals surface area contributed by atoms with Crippen molar-refractivity contribution in [3.63, 3.8) is 0 Å². The Morgan fingerprint density at radius 2 is 2.15 bits per heavy atom. The van der Waals surface area contributed by atoms with Crippen LogP contribution in [-0.4, -0.2) is 67.8 Å². The van der Waals surface area contributed by atoms with E-state index in [1.54, 1.807) is 31.5 Å². The molecule has 2 heterocycles. The molecule has 0 saturated carbocycles. The molecule has 0 unspecified atom stereocenters. The van der Waals surface area contributed by atoms with Crippen molar-refractivity contribution in [2.24, 2.45) is 5.92 Å². The predicted molar refractivity (Wildman–Crippen MR) is 98.2 cm³/mol. The second-order valence-corrected chi connectivity index (χ2v) is 6.41. The van der Waals surface area contributed by atoms with Gasteiger partial charge < -0.3 is 19.7 Å². The average Bonchev–Trinajstić information content (AvgIpc) is 2.90. The van der Waals surface area contributed by atoms with Crippen LogP contribution in [0.4, 0.5) is 0 Å². The fourth-order valence-electron chi connectivity index (χ4n) is 2.88. The Morgan fingerprint density at radius 1 is 1.35 bits per heavy atom. The first kappa shape index (κ1) is 18.3. The van der Waals surface area contributed by atoms with Crippen LogP contribution in [0.1, 0.15) is 10.4 Å². The Kier molecular flexibility index (Phi) is 6.14. The van der Waals surface area contributed by atoms with Gasteiger partial charge in [0.15, 0.2) is 5.82 Å². The summed E-state index contributed by atoms with van der Waals surface area (Å²) < 4.78 is 10.7. The highest BCUT2D eigenvalue weighted by Crippen LogP contribution is 2.18. The summed E-state index contributed by atoms with van der Waals surface area (Å²) in [5, 5.41) is 3.00. The molecule has 1 aliphatic rings. The van der Waals surface area contributed by atoms with Gasteiger partial charge in [-0.3, -0.25) is 4.79 Å². The van der Waals surface area contributed by atoms with Crippen LogP contribution in [0, 0.1) is 5.92 Å². The molecule has 1 aromatic carbocycles. The molecule has 1 amide bonds. The van der Waals surface area contributed by atoms with Crippen LogP contribution in [0.15, 0.2) is 36.5 Å². The van der Waals surface area contributed by atoms with Crippen molar-refractivity contribution in [1.82, 2.24) is 20.2 Å². The third kappa shape index (κ3) is 4.77. The Labute approximate surface area is 153 Å². The Hall–Kier alpha value is -2.51. The minimum atomic E-state index is -0.0880. The van der Waals surface area contributed by atoms with Crippen molar-refractivity contribution in [3.8, 4) is 17.3 Å². The van der Waals surface area contributed by atoms with Gasteiger partial charge in [-0.15, -0.1) is 0 Å². The zero-order valence-electron chi connectivity index (χ0n) is 15.1. The maximum absolute atomic E-state index is 12.4. The van der Waals surface area contributed by atoms with E-state index >= 15 is 0 Å². The number of hydrogen-bond donors (Lipinski definition) is 1. The smallest absolute Gasteiger partial charge is 0.251 e. The van der Waals surface area contributed by atoms with Gasteiger partial charge in [-0.05, 0) is 19.2 Å². The second kappa shape index (κ2) is 8.73. The molecule has 0 spiro atoms. The number of nitrogens with zero attached hydrogens (tertiary/aromatic N) is 3. The largest absolute Gasteiger partial charge is 0.481 e. The Balaban J connectivity index is 1.59. The van der Waals surface area contributed by atoms with E-state index < -0.39 is 0 Å². The number of nitrogens with one attached hydrogen (secondary N) is 1. The third-order valence-corrected chi connectivity index (χ3v) is 4.34. The van der Waals surface area contributed by atoms with Crippen molar-refractivity contribution in [1.29, 1.82) is 0 Å². The molecule has 2 aromatic rings. The van der Waals surface area contributed by atoms with Crippen molar-refractivity contribution in [2.75, 3.05) is 47.0 Å². The zero-order valence-corrected chi connectivity index (χ0v) is 15.1. The van der Waals surface area contributed by atoms with Crippen LogP contribution in [0.25, 0.3) is 11.4 Å². The molecule has 26 heavy (non-hydrogen) atoms. The molecule has 7 heteroatoms. The summed E-state index contributed by atoms with van der Waals surface area (Å²) in [5.41, 5.74) is 1.44.